The van der Waals surface area contributed by atoms with Gasteiger partial charge in [-0.25, -0.2) is 9.97 Å². The summed E-state index contributed by atoms with van der Waals surface area (Å²) in [6.07, 6.45) is 1.43. The van der Waals surface area contributed by atoms with Crippen LogP contribution in [0.4, 0.5) is 0 Å². The van der Waals surface area contributed by atoms with Crippen molar-refractivity contribution in [1.82, 2.24) is 24.4 Å². The molecule has 0 aliphatic rings. The predicted octanol–water partition coefficient (Wildman–Crippen LogP) is 3.54. The standard InChI is InChI=1S/C26H23N5O3S/c1-16-17(2)35-25-23(16)26(34)31(15-27-25)14-22(32)30(12-18-8-4-3-5-9-18)13-21-28-20-11-7-6-10-19(20)24(33)29-21/h3-11,15H,12-14H2,1-2H3,(H,28,29,33). The van der Waals surface area contributed by atoms with Crippen molar-refractivity contribution in [2.45, 2.75) is 33.5 Å². The summed E-state index contributed by atoms with van der Waals surface area (Å²) >= 11 is 1.47. The lowest BCUT2D eigenvalue weighted by atomic mass is 10.2. The van der Waals surface area contributed by atoms with E-state index in [4.69, 9.17) is 0 Å². The summed E-state index contributed by atoms with van der Waals surface area (Å²) in [7, 11) is 0. The summed E-state index contributed by atoms with van der Waals surface area (Å²) < 4.78 is 1.35. The van der Waals surface area contributed by atoms with Crippen molar-refractivity contribution in [3.8, 4) is 0 Å². The number of hydrogen-bond acceptors (Lipinski definition) is 6. The van der Waals surface area contributed by atoms with Crippen LogP contribution in [0, 0.1) is 13.8 Å². The molecular formula is C26H23N5O3S. The largest absolute Gasteiger partial charge is 0.329 e. The number of hydrogen-bond donors (Lipinski definition) is 1. The Labute approximate surface area is 204 Å². The van der Waals surface area contributed by atoms with Crippen molar-refractivity contribution < 1.29 is 4.79 Å². The molecule has 0 fully saturated rings. The number of thiophene rings is 1. The third-order valence-corrected chi connectivity index (χ3v) is 7.15. The van der Waals surface area contributed by atoms with E-state index in [0.717, 1.165) is 16.0 Å². The highest BCUT2D eigenvalue weighted by Gasteiger charge is 2.19. The maximum atomic E-state index is 13.5. The zero-order valence-electron chi connectivity index (χ0n) is 19.3. The molecular weight excluding hydrogens is 462 g/mol. The van der Waals surface area contributed by atoms with Gasteiger partial charge in [-0.2, -0.15) is 0 Å². The number of nitrogens with zero attached hydrogens (tertiary/aromatic N) is 4. The van der Waals surface area contributed by atoms with E-state index >= 15 is 0 Å². The van der Waals surface area contributed by atoms with E-state index < -0.39 is 0 Å². The molecule has 0 aliphatic carbocycles. The van der Waals surface area contributed by atoms with Crippen LogP contribution in [-0.2, 0) is 24.4 Å². The second-order valence-electron chi connectivity index (χ2n) is 8.41. The number of rotatable bonds is 6. The second kappa shape index (κ2) is 9.27. The van der Waals surface area contributed by atoms with Crippen LogP contribution in [0.1, 0.15) is 21.8 Å². The molecule has 5 rings (SSSR count). The second-order valence-corrected chi connectivity index (χ2v) is 9.61. The maximum Gasteiger partial charge on any atom is 0.262 e. The minimum Gasteiger partial charge on any atom is -0.329 e. The lowest BCUT2D eigenvalue weighted by Crippen LogP contribution is -2.36. The van der Waals surface area contributed by atoms with Crippen LogP contribution in [0.3, 0.4) is 0 Å². The minimum atomic E-state index is -0.280. The number of carbonyl (C=O) groups is 1. The molecule has 1 N–H and O–H groups in total. The normalized spacial score (nSPS) is 11.3. The van der Waals surface area contributed by atoms with Crippen molar-refractivity contribution in [3.63, 3.8) is 0 Å². The van der Waals surface area contributed by atoms with Crippen molar-refractivity contribution in [2.24, 2.45) is 0 Å². The van der Waals surface area contributed by atoms with Gasteiger partial charge in [0.2, 0.25) is 5.91 Å². The zero-order chi connectivity index (χ0) is 24.5. The van der Waals surface area contributed by atoms with Gasteiger partial charge < -0.3 is 9.88 Å². The van der Waals surface area contributed by atoms with Crippen LogP contribution in [-0.4, -0.2) is 30.3 Å². The minimum absolute atomic E-state index is 0.0921. The number of aromatic amines is 1. The lowest BCUT2D eigenvalue weighted by Gasteiger charge is -2.23. The Hall–Kier alpha value is -4.11. The smallest absolute Gasteiger partial charge is 0.262 e. The van der Waals surface area contributed by atoms with Crippen LogP contribution in [0.25, 0.3) is 21.1 Å². The third-order valence-electron chi connectivity index (χ3n) is 6.03. The molecule has 8 nitrogen and oxygen atoms in total. The molecule has 0 saturated carbocycles. The molecule has 0 atom stereocenters. The summed E-state index contributed by atoms with van der Waals surface area (Å²) in [6, 6.07) is 16.6. The monoisotopic (exact) mass is 485 g/mol. The first-order chi connectivity index (χ1) is 16.9. The zero-order valence-corrected chi connectivity index (χ0v) is 20.1. The van der Waals surface area contributed by atoms with E-state index in [1.807, 2.05) is 50.2 Å². The van der Waals surface area contributed by atoms with Gasteiger partial charge in [-0.15, -0.1) is 11.3 Å². The average molecular weight is 486 g/mol. The van der Waals surface area contributed by atoms with E-state index in [1.54, 1.807) is 23.1 Å². The van der Waals surface area contributed by atoms with Gasteiger partial charge in [0.15, 0.2) is 0 Å². The van der Waals surface area contributed by atoms with Crippen molar-refractivity contribution in [2.75, 3.05) is 0 Å². The molecule has 2 aromatic carbocycles. The Bertz CT molecular complexity index is 1670. The average Bonchev–Trinajstić information content (AvgIpc) is 3.15. The summed E-state index contributed by atoms with van der Waals surface area (Å²) in [4.78, 5) is 54.2. The molecule has 9 heteroatoms. The van der Waals surface area contributed by atoms with E-state index in [2.05, 4.69) is 15.0 Å². The van der Waals surface area contributed by atoms with Crippen LogP contribution < -0.4 is 11.1 Å². The molecule has 35 heavy (non-hydrogen) atoms. The number of amides is 1. The van der Waals surface area contributed by atoms with Gasteiger partial charge in [0.1, 0.15) is 17.2 Å². The molecule has 176 valence electrons. The first-order valence-electron chi connectivity index (χ1n) is 11.2. The summed E-state index contributed by atoms with van der Waals surface area (Å²) in [5.74, 6) is 0.0979. The molecule has 0 radical (unpaired) electrons. The molecule has 0 aliphatic heterocycles. The number of fused-ring (bicyclic) bond motifs is 2. The topological polar surface area (TPSA) is 101 Å². The molecule has 0 unspecified atom stereocenters. The van der Waals surface area contributed by atoms with Crippen LogP contribution in [0.5, 0.6) is 0 Å². The number of aromatic nitrogens is 4. The van der Waals surface area contributed by atoms with Crippen LogP contribution in [0.2, 0.25) is 0 Å². The number of nitrogens with one attached hydrogen (secondary N) is 1. The Balaban J connectivity index is 1.48. The predicted molar refractivity (Wildman–Crippen MR) is 136 cm³/mol. The highest BCUT2D eigenvalue weighted by Crippen LogP contribution is 2.25. The van der Waals surface area contributed by atoms with Gasteiger partial charge in [-0.1, -0.05) is 42.5 Å². The van der Waals surface area contributed by atoms with Gasteiger partial charge in [0, 0.05) is 11.4 Å². The highest BCUT2D eigenvalue weighted by atomic mass is 32.1. The molecule has 3 heterocycles. The van der Waals surface area contributed by atoms with Gasteiger partial charge in [-0.3, -0.25) is 19.0 Å². The SMILES string of the molecule is Cc1sc2ncn(CC(=O)N(Cc3ccccc3)Cc3nc4ccccc4c(=O)[nH]3)c(=O)c2c1C. The number of carbonyl (C=O) groups excluding carboxylic acids is 1. The molecule has 0 bridgehead atoms. The fourth-order valence-corrected chi connectivity index (χ4v) is 5.04. The number of para-hydroxylation sites is 1. The maximum absolute atomic E-state index is 13.5. The van der Waals surface area contributed by atoms with Gasteiger partial charge in [0.05, 0.1) is 29.2 Å². The van der Waals surface area contributed by atoms with Crippen LogP contribution in [0.15, 0.2) is 70.5 Å². The van der Waals surface area contributed by atoms with Gasteiger partial charge >= 0.3 is 0 Å². The summed E-state index contributed by atoms with van der Waals surface area (Å²) in [5, 5.41) is 1.04. The van der Waals surface area contributed by atoms with Crippen LogP contribution >= 0.6 is 11.3 Å². The number of H-pyrrole nitrogens is 1. The van der Waals surface area contributed by atoms with Crippen molar-refractivity contribution >= 4 is 38.4 Å². The third kappa shape index (κ3) is 4.50. The highest BCUT2D eigenvalue weighted by molar-refractivity contribution is 7.18. The lowest BCUT2D eigenvalue weighted by molar-refractivity contribution is -0.133. The first kappa shape index (κ1) is 22.7. The number of aryl methyl sites for hydroxylation is 2. The summed E-state index contributed by atoms with van der Waals surface area (Å²) in [6.45, 7) is 4.08. The van der Waals surface area contributed by atoms with Crippen molar-refractivity contribution in [3.05, 3.63) is 103 Å². The fraction of sp³-hybridized carbons (Fsp3) is 0.192. The quantitative estimate of drug-likeness (QED) is 0.396. The molecule has 0 spiro atoms. The molecule has 0 saturated heterocycles. The van der Waals surface area contributed by atoms with E-state index in [0.29, 0.717) is 33.5 Å². The Kier molecular flexibility index (Phi) is 6.00. The van der Waals surface area contributed by atoms with E-state index in [-0.39, 0.29) is 30.1 Å². The Morgan fingerprint density at radius 1 is 1.03 bits per heavy atom. The Morgan fingerprint density at radius 2 is 1.77 bits per heavy atom. The number of benzene rings is 2. The van der Waals surface area contributed by atoms with E-state index in [1.165, 1.54) is 22.2 Å². The van der Waals surface area contributed by atoms with Gasteiger partial charge in [-0.05, 0) is 37.1 Å². The molecule has 5 aromatic rings. The van der Waals surface area contributed by atoms with Crippen molar-refractivity contribution in [1.29, 1.82) is 0 Å². The fourth-order valence-electron chi connectivity index (χ4n) is 4.05. The first-order valence-corrected chi connectivity index (χ1v) is 12.0. The van der Waals surface area contributed by atoms with Gasteiger partial charge in [0.25, 0.3) is 11.1 Å². The Morgan fingerprint density at radius 3 is 2.57 bits per heavy atom. The summed E-state index contributed by atoms with van der Waals surface area (Å²) in [5.41, 5.74) is 1.89. The van der Waals surface area contributed by atoms with E-state index in [9.17, 15) is 14.4 Å². The molecule has 3 aromatic heterocycles. The molecule has 1 amide bonds.